The summed E-state index contributed by atoms with van der Waals surface area (Å²) >= 11 is 0. The van der Waals surface area contributed by atoms with Gasteiger partial charge in [-0.15, -0.1) is 0 Å². The third-order valence-corrected chi connectivity index (χ3v) is 4.04. The molecule has 3 rings (SSSR count). The van der Waals surface area contributed by atoms with Gasteiger partial charge in [0.1, 0.15) is 20.3 Å². The standard InChI is InChI=1S/C20H22N2O5/c1-20(2,21-18(23)14-8-10-22(3)11-9-14)13-26-19(24)17-12-25-15-6-4-5-7-16(15)27-17/h4-11,17H,12-13H2,1-3H3/p+1. The summed E-state index contributed by atoms with van der Waals surface area (Å²) in [5.74, 6) is 0.349. The van der Waals surface area contributed by atoms with Crippen molar-refractivity contribution in [1.29, 1.82) is 0 Å². The van der Waals surface area contributed by atoms with Crippen molar-refractivity contribution in [3.63, 3.8) is 0 Å². The molecule has 7 nitrogen and oxygen atoms in total. The summed E-state index contributed by atoms with van der Waals surface area (Å²) in [6.45, 7) is 3.67. The van der Waals surface area contributed by atoms with Gasteiger partial charge in [0.05, 0.1) is 11.1 Å². The van der Waals surface area contributed by atoms with Crippen molar-refractivity contribution in [3.05, 3.63) is 54.4 Å². The third-order valence-electron chi connectivity index (χ3n) is 4.04. The number of nitrogens with one attached hydrogen (secondary N) is 1. The van der Waals surface area contributed by atoms with Gasteiger partial charge in [-0.1, -0.05) is 12.1 Å². The van der Waals surface area contributed by atoms with E-state index >= 15 is 0 Å². The lowest BCUT2D eigenvalue weighted by Gasteiger charge is -2.28. The lowest BCUT2D eigenvalue weighted by molar-refractivity contribution is -0.671. The van der Waals surface area contributed by atoms with Crippen LogP contribution in [-0.4, -0.2) is 36.7 Å². The zero-order valence-electron chi connectivity index (χ0n) is 15.6. The molecule has 1 aromatic carbocycles. The van der Waals surface area contributed by atoms with Gasteiger partial charge in [-0.05, 0) is 26.0 Å². The average Bonchev–Trinajstić information content (AvgIpc) is 2.66. The number of para-hydroxylation sites is 2. The topological polar surface area (TPSA) is 77.7 Å². The Kier molecular flexibility index (Phi) is 5.30. The molecule has 1 aliphatic heterocycles. The second kappa shape index (κ2) is 7.65. The molecule has 1 unspecified atom stereocenters. The summed E-state index contributed by atoms with van der Waals surface area (Å²) in [5, 5.41) is 2.87. The number of benzene rings is 1. The second-order valence-electron chi connectivity index (χ2n) is 7.06. The van der Waals surface area contributed by atoms with E-state index in [4.69, 9.17) is 14.2 Å². The fourth-order valence-corrected chi connectivity index (χ4v) is 2.55. The largest absolute Gasteiger partial charge is 0.485 e. The highest BCUT2D eigenvalue weighted by atomic mass is 16.6. The first kappa shape index (κ1) is 18.7. The number of ether oxygens (including phenoxy) is 3. The predicted molar refractivity (Wildman–Crippen MR) is 96.5 cm³/mol. The molecule has 0 aliphatic carbocycles. The summed E-state index contributed by atoms with van der Waals surface area (Å²) in [4.78, 5) is 24.7. The van der Waals surface area contributed by atoms with Gasteiger partial charge in [-0.25, -0.2) is 9.36 Å². The van der Waals surface area contributed by atoms with Gasteiger partial charge in [0.2, 0.25) is 6.10 Å². The highest BCUT2D eigenvalue weighted by molar-refractivity contribution is 5.94. The van der Waals surface area contributed by atoms with Crippen LogP contribution in [0.4, 0.5) is 0 Å². The molecule has 0 spiro atoms. The Morgan fingerprint density at radius 3 is 2.56 bits per heavy atom. The minimum absolute atomic E-state index is 0.0136. The number of carbonyl (C=O) groups is 2. The summed E-state index contributed by atoms with van der Waals surface area (Å²) < 4.78 is 18.4. The summed E-state index contributed by atoms with van der Waals surface area (Å²) in [6, 6.07) is 10.6. The average molecular weight is 371 g/mol. The van der Waals surface area contributed by atoms with Gasteiger partial charge >= 0.3 is 5.97 Å². The molecule has 0 fully saturated rings. The predicted octanol–water partition coefficient (Wildman–Crippen LogP) is 1.40. The van der Waals surface area contributed by atoms with Gasteiger partial charge in [-0.3, -0.25) is 4.79 Å². The van der Waals surface area contributed by atoms with Crippen molar-refractivity contribution in [2.45, 2.75) is 25.5 Å². The number of aryl methyl sites for hydroxylation is 1. The van der Waals surface area contributed by atoms with E-state index in [1.165, 1.54) is 0 Å². The Morgan fingerprint density at radius 1 is 1.19 bits per heavy atom. The Morgan fingerprint density at radius 2 is 1.85 bits per heavy atom. The van der Waals surface area contributed by atoms with Crippen LogP contribution in [0.3, 0.4) is 0 Å². The quantitative estimate of drug-likeness (QED) is 0.635. The number of fused-ring (bicyclic) bond motifs is 1. The first-order chi connectivity index (χ1) is 12.8. The smallest absolute Gasteiger partial charge is 0.351 e. The molecule has 142 valence electrons. The van der Waals surface area contributed by atoms with Gasteiger partial charge in [0, 0.05) is 12.1 Å². The van der Waals surface area contributed by atoms with Crippen LogP contribution in [0, 0.1) is 0 Å². The van der Waals surface area contributed by atoms with Crippen LogP contribution < -0.4 is 19.4 Å². The molecule has 0 saturated carbocycles. The molecular formula is C20H23N2O5+. The lowest BCUT2D eigenvalue weighted by Crippen LogP contribution is -2.49. The van der Waals surface area contributed by atoms with Crippen LogP contribution in [0.5, 0.6) is 11.5 Å². The van der Waals surface area contributed by atoms with Crippen molar-refractivity contribution in [1.82, 2.24) is 5.32 Å². The molecule has 1 N–H and O–H groups in total. The van der Waals surface area contributed by atoms with Crippen molar-refractivity contribution >= 4 is 11.9 Å². The van der Waals surface area contributed by atoms with Crippen LogP contribution in [0.1, 0.15) is 24.2 Å². The van der Waals surface area contributed by atoms with Crippen LogP contribution in [0.15, 0.2) is 48.8 Å². The molecule has 1 amide bonds. The zero-order chi connectivity index (χ0) is 19.4. The number of hydrogen-bond acceptors (Lipinski definition) is 5. The first-order valence-corrected chi connectivity index (χ1v) is 8.67. The van der Waals surface area contributed by atoms with E-state index < -0.39 is 17.6 Å². The van der Waals surface area contributed by atoms with Crippen molar-refractivity contribution in [3.8, 4) is 11.5 Å². The van der Waals surface area contributed by atoms with E-state index in [-0.39, 0.29) is 19.1 Å². The number of esters is 1. The number of rotatable bonds is 5. The Bertz CT molecular complexity index is 833. The van der Waals surface area contributed by atoms with E-state index in [0.29, 0.717) is 17.1 Å². The van der Waals surface area contributed by atoms with Gasteiger partial charge < -0.3 is 19.5 Å². The van der Waals surface area contributed by atoms with E-state index in [1.807, 2.05) is 17.7 Å². The van der Waals surface area contributed by atoms with E-state index in [0.717, 1.165) is 0 Å². The Labute approximate surface area is 157 Å². The van der Waals surface area contributed by atoms with E-state index in [2.05, 4.69) is 5.32 Å². The summed E-state index contributed by atoms with van der Waals surface area (Å²) in [5.41, 5.74) is -0.203. The number of hydrogen-bond donors (Lipinski definition) is 1. The van der Waals surface area contributed by atoms with Crippen LogP contribution in [-0.2, 0) is 16.6 Å². The number of carbonyl (C=O) groups excluding carboxylic acids is 2. The molecule has 1 aromatic heterocycles. The normalized spacial score (nSPS) is 15.7. The molecule has 1 atom stereocenters. The summed E-state index contributed by atoms with van der Waals surface area (Å²) in [6.07, 6.45) is 2.75. The minimum atomic E-state index is -0.833. The number of nitrogens with zero attached hydrogens (tertiary/aromatic N) is 1. The molecule has 7 heteroatoms. The monoisotopic (exact) mass is 371 g/mol. The first-order valence-electron chi connectivity index (χ1n) is 8.67. The maximum Gasteiger partial charge on any atom is 0.351 e. The molecule has 2 heterocycles. The van der Waals surface area contributed by atoms with Gasteiger partial charge in [-0.2, -0.15) is 0 Å². The van der Waals surface area contributed by atoms with Gasteiger partial charge in [0.15, 0.2) is 23.9 Å². The minimum Gasteiger partial charge on any atom is -0.485 e. The highest BCUT2D eigenvalue weighted by Crippen LogP contribution is 2.31. The SMILES string of the molecule is C[n+]1ccc(C(=O)NC(C)(C)COC(=O)C2COc3ccccc3O2)cc1. The molecule has 0 radical (unpaired) electrons. The fraction of sp³-hybridized carbons (Fsp3) is 0.350. The zero-order valence-corrected chi connectivity index (χ0v) is 15.6. The lowest BCUT2D eigenvalue weighted by atomic mass is 10.1. The summed E-state index contributed by atoms with van der Waals surface area (Å²) in [7, 11) is 1.88. The van der Waals surface area contributed by atoms with Crippen LogP contribution in [0.25, 0.3) is 0 Å². The second-order valence-corrected chi connectivity index (χ2v) is 7.06. The Hall–Kier alpha value is -3.09. The highest BCUT2D eigenvalue weighted by Gasteiger charge is 2.31. The third kappa shape index (κ3) is 4.75. The fourth-order valence-electron chi connectivity index (χ4n) is 2.55. The maximum atomic E-state index is 12.3. The van der Waals surface area contributed by atoms with Crippen LogP contribution >= 0.6 is 0 Å². The molecule has 1 aliphatic rings. The molecule has 0 saturated heterocycles. The van der Waals surface area contributed by atoms with Crippen molar-refractivity contribution in [2.24, 2.45) is 7.05 Å². The number of amides is 1. The van der Waals surface area contributed by atoms with E-state index in [1.54, 1.807) is 56.6 Å². The van der Waals surface area contributed by atoms with Crippen molar-refractivity contribution in [2.75, 3.05) is 13.2 Å². The Balaban J connectivity index is 1.53. The van der Waals surface area contributed by atoms with Gasteiger partial charge in [0.25, 0.3) is 5.91 Å². The molecule has 27 heavy (non-hydrogen) atoms. The van der Waals surface area contributed by atoms with Crippen molar-refractivity contribution < 1.29 is 28.4 Å². The molecule has 0 bridgehead atoms. The number of pyridine rings is 1. The molecular weight excluding hydrogens is 348 g/mol. The number of aromatic nitrogens is 1. The maximum absolute atomic E-state index is 12.3. The van der Waals surface area contributed by atoms with Crippen LogP contribution in [0.2, 0.25) is 0 Å². The molecule has 2 aromatic rings. The van der Waals surface area contributed by atoms with E-state index in [9.17, 15) is 9.59 Å².